The minimum Gasteiger partial charge on any atom is -0.493 e. The highest BCUT2D eigenvalue weighted by Crippen LogP contribution is 2.28. The fourth-order valence-corrected chi connectivity index (χ4v) is 2.33. The first kappa shape index (κ1) is 16.8. The fourth-order valence-electron chi connectivity index (χ4n) is 2.33. The zero-order valence-corrected chi connectivity index (χ0v) is 13.7. The van der Waals surface area contributed by atoms with Gasteiger partial charge in [-0.05, 0) is 35.4 Å². The summed E-state index contributed by atoms with van der Waals surface area (Å²) in [5.41, 5.74) is 8.19. The maximum absolute atomic E-state index is 12.5. The highest BCUT2D eigenvalue weighted by Gasteiger charge is 2.13. The molecule has 0 saturated carbocycles. The first-order valence-electron chi connectivity index (χ1n) is 7.34. The van der Waals surface area contributed by atoms with Crippen LogP contribution >= 0.6 is 0 Å². The second-order valence-corrected chi connectivity index (χ2v) is 5.25. The first-order chi connectivity index (χ1) is 11.1. The molecule has 5 nitrogen and oxygen atoms in total. The second-order valence-electron chi connectivity index (χ2n) is 5.25. The van der Waals surface area contributed by atoms with E-state index in [9.17, 15) is 4.79 Å². The number of rotatable bonds is 6. The summed E-state index contributed by atoms with van der Waals surface area (Å²) in [7, 11) is 4.96. The Kier molecular flexibility index (Phi) is 5.60. The van der Waals surface area contributed by atoms with Crippen LogP contribution in [0.15, 0.2) is 42.5 Å². The van der Waals surface area contributed by atoms with Gasteiger partial charge in [-0.1, -0.05) is 18.2 Å². The summed E-state index contributed by atoms with van der Waals surface area (Å²) in [5.74, 6) is 1.28. The van der Waals surface area contributed by atoms with Crippen molar-refractivity contribution in [1.29, 1.82) is 0 Å². The summed E-state index contributed by atoms with van der Waals surface area (Å²) in [4.78, 5) is 14.1. The van der Waals surface area contributed by atoms with E-state index < -0.39 is 0 Å². The molecule has 0 unspecified atom stereocenters. The topological polar surface area (TPSA) is 64.8 Å². The number of amides is 1. The van der Waals surface area contributed by atoms with Gasteiger partial charge >= 0.3 is 0 Å². The van der Waals surface area contributed by atoms with E-state index in [-0.39, 0.29) is 5.91 Å². The molecule has 2 rings (SSSR count). The maximum atomic E-state index is 12.5. The van der Waals surface area contributed by atoms with Crippen molar-refractivity contribution in [2.45, 2.75) is 13.1 Å². The van der Waals surface area contributed by atoms with E-state index in [1.165, 1.54) is 0 Å². The molecule has 0 bridgehead atoms. The number of carbonyl (C=O) groups is 1. The lowest BCUT2D eigenvalue weighted by Crippen LogP contribution is -2.26. The molecule has 122 valence electrons. The predicted molar refractivity (Wildman–Crippen MR) is 89.7 cm³/mol. The van der Waals surface area contributed by atoms with E-state index in [2.05, 4.69) is 0 Å². The molecule has 0 radical (unpaired) electrons. The Morgan fingerprint density at radius 3 is 2.17 bits per heavy atom. The van der Waals surface area contributed by atoms with E-state index >= 15 is 0 Å². The van der Waals surface area contributed by atoms with Gasteiger partial charge in [0.1, 0.15) is 0 Å². The molecule has 0 aromatic heterocycles. The standard InChI is InChI=1S/C18H22N2O3/c1-20(18(21)15-7-4-13(11-19)5-8-15)12-14-6-9-16(22-2)17(10-14)23-3/h4-10H,11-12,19H2,1-3H3. The SMILES string of the molecule is COc1ccc(CN(C)C(=O)c2ccc(CN)cc2)cc1OC. The normalized spacial score (nSPS) is 10.3. The zero-order chi connectivity index (χ0) is 16.8. The van der Waals surface area contributed by atoms with Crippen LogP contribution in [-0.2, 0) is 13.1 Å². The van der Waals surface area contributed by atoms with Crippen LogP contribution in [0.1, 0.15) is 21.5 Å². The van der Waals surface area contributed by atoms with E-state index in [1.54, 1.807) is 38.3 Å². The van der Waals surface area contributed by atoms with E-state index in [0.717, 1.165) is 11.1 Å². The molecular weight excluding hydrogens is 292 g/mol. The van der Waals surface area contributed by atoms with Gasteiger partial charge in [0.25, 0.3) is 5.91 Å². The Hall–Kier alpha value is -2.53. The minimum atomic E-state index is -0.0386. The Morgan fingerprint density at radius 2 is 1.61 bits per heavy atom. The molecule has 0 saturated heterocycles. The summed E-state index contributed by atoms with van der Waals surface area (Å²) in [6, 6.07) is 13.0. The van der Waals surface area contributed by atoms with Crippen molar-refractivity contribution in [1.82, 2.24) is 4.90 Å². The number of methoxy groups -OCH3 is 2. The van der Waals surface area contributed by atoms with Gasteiger partial charge in [0.2, 0.25) is 0 Å². The third-order valence-corrected chi connectivity index (χ3v) is 3.65. The number of benzene rings is 2. The number of hydrogen-bond donors (Lipinski definition) is 1. The average Bonchev–Trinajstić information content (AvgIpc) is 2.60. The van der Waals surface area contributed by atoms with Gasteiger partial charge in [-0.3, -0.25) is 4.79 Å². The molecule has 0 aliphatic carbocycles. The highest BCUT2D eigenvalue weighted by molar-refractivity contribution is 5.94. The summed E-state index contributed by atoms with van der Waals surface area (Å²) >= 11 is 0. The van der Waals surface area contributed by atoms with Gasteiger partial charge in [0, 0.05) is 25.7 Å². The molecule has 0 atom stereocenters. The van der Waals surface area contributed by atoms with Gasteiger partial charge in [0.05, 0.1) is 14.2 Å². The van der Waals surface area contributed by atoms with Crippen LogP contribution < -0.4 is 15.2 Å². The minimum absolute atomic E-state index is 0.0386. The number of ether oxygens (including phenoxy) is 2. The third-order valence-electron chi connectivity index (χ3n) is 3.65. The molecule has 23 heavy (non-hydrogen) atoms. The Morgan fingerprint density at radius 1 is 1.00 bits per heavy atom. The van der Waals surface area contributed by atoms with Crippen LogP contribution in [0, 0.1) is 0 Å². The fraction of sp³-hybridized carbons (Fsp3) is 0.278. The second kappa shape index (κ2) is 7.65. The van der Waals surface area contributed by atoms with Crippen LogP contribution in [0.3, 0.4) is 0 Å². The molecular formula is C18H22N2O3. The molecule has 0 aliphatic rings. The molecule has 0 aliphatic heterocycles. The van der Waals surface area contributed by atoms with Crippen LogP contribution in [0.25, 0.3) is 0 Å². The quantitative estimate of drug-likeness (QED) is 0.889. The molecule has 1 amide bonds. The maximum Gasteiger partial charge on any atom is 0.253 e. The van der Waals surface area contributed by atoms with Gasteiger partial charge in [0.15, 0.2) is 11.5 Å². The molecule has 0 spiro atoms. The van der Waals surface area contributed by atoms with Gasteiger partial charge < -0.3 is 20.1 Å². The Labute approximate surface area is 136 Å². The largest absolute Gasteiger partial charge is 0.493 e. The molecule has 2 N–H and O–H groups in total. The van der Waals surface area contributed by atoms with Crippen molar-refractivity contribution in [3.8, 4) is 11.5 Å². The highest BCUT2D eigenvalue weighted by atomic mass is 16.5. The lowest BCUT2D eigenvalue weighted by atomic mass is 10.1. The summed E-state index contributed by atoms with van der Waals surface area (Å²) in [5, 5.41) is 0. The van der Waals surface area contributed by atoms with Crippen LogP contribution in [0.4, 0.5) is 0 Å². The third kappa shape index (κ3) is 4.02. The average molecular weight is 314 g/mol. The monoisotopic (exact) mass is 314 g/mol. The number of nitrogens with zero attached hydrogens (tertiary/aromatic N) is 1. The summed E-state index contributed by atoms with van der Waals surface area (Å²) < 4.78 is 10.5. The predicted octanol–water partition coefficient (Wildman–Crippen LogP) is 2.43. The van der Waals surface area contributed by atoms with Crippen LogP contribution in [0.2, 0.25) is 0 Å². The Balaban J connectivity index is 2.11. The van der Waals surface area contributed by atoms with Crippen molar-refractivity contribution in [3.05, 3.63) is 59.2 Å². The van der Waals surface area contributed by atoms with Crippen LogP contribution in [0.5, 0.6) is 11.5 Å². The van der Waals surface area contributed by atoms with Gasteiger partial charge in [-0.25, -0.2) is 0 Å². The van der Waals surface area contributed by atoms with Crippen LogP contribution in [-0.4, -0.2) is 32.1 Å². The number of nitrogens with two attached hydrogens (primary N) is 1. The van der Waals surface area contributed by atoms with Crippen molar-refractivity contribution < 1.29 is 14.3 Å². The van der Waals surface area contributed by atoms with E-state index in [0.29, 0.717) is 30.2 Å². The van der Waals surface area contributed by atoms with Crippen molar-refractivity contribution in [3.63, 3.8) is 0 Å². The molecule has 2 aromatic rings. The van der Waals surface area contributed by atoms with Gasteiger partial charge in [-0.15, -0.1) is 0 Å². The van der Waals surface area contributed by atoms with Crippen molar-refractivity contribution in [2.24, 2.45) is 5.73 Å². The number of carbonyl (C=O) groups excluding carboxylic acids is 1. The molecule has 5 heteroatoms. The molecule has 0 heterocycles. The van der Waals surface area contributed by atoms with Crippen molar-refractivity contribution >= 4 is 5.91 Å². The van der Waals surface area contributed by atoms with E-state index in [1.807, 2.05) is 30.3 Å². The molecule has 2 aromatic carbocycles. The van der Waals surface area contributed by atoms with Gasteiger partial charge in [-0.2, -0.15) is 0 Å². The summed E-state index contributed by atoms with van der Waals surface area (Å²) in [6.45, 7) is 0.952. The zero-order valence-electron chi connectivity index (χ0n) is 13.7. The lowest BCUT2D eigenvalue weighted by molar-refractivity contribution is 0.0785. The smallest absolute Gasteiger partial charge is 0.253 e. The molecule has 0 fully saturated rings. The van der Waals surface area contributed by atoms with Crippen molar-refractivity contribution in [2.75, 3.05) is 21.3 Å². The lowest BCUT2D eigenvalue weighted by Gasteiger charge is -2.18. The number of hydrogen-bond acceptors (Lipinski definition) is 4. The summed E-state index contributed by atoms with van der Waals surface area (Å²) in [6.07, 6.45) is 0. The Bertz CT molecular complexity index is 668. The first-order valence-corrected chi connectivity index (χ1v) is 7.34. The van der Waals surface area contributed by atoms with E-state index in [4.69, 9.17) is 15.2 Å².